The van der Waals surface area contributed by atoms with Crippen LogP contribution in [0.15, 0.2) is 18.2 Å². The maximum Gasteiger partial charge on any atom is 0.233 e. The van der Waals surface area contributed by atoms with Crippen LogP contribution in [-0.4, -0.2) is 29.8 Å². The fraction of sp³-hybridized carbons (Fsp3) is 0.467. The van der Waals surface area contributed by atoms with Gasteiger partial charge in [-0.25, -0.2) is 0 Å². The first-order valence-corrected chi connectivity index (χ1v) is 7.76. The molecule has 0 aliphatic heterocycles. The average molecular weight is 331 g/mol. The SMILES string of the molecule is CCCN(CCC)C(=O)CC(=O)Nc1cc(Cl)ccc1Cl. The molecule has 4 nitrogen and oxygen atoms in total. The molecular formula is C15H20Cl2N2O2. The zero-order chi connectivity index (χ0) is 15.8. The molecular weight excluding hydrogens is 311 g/mol. The summed E-state index contributed by atoms with van der Waals surface area (Å²) < 4.78 is 0. The fourth-order valence-corrected chi connectivity index (χ4v) is 2.27. The quantitative estimate of drug-likeness (QED) is 0.769. The van der Waals surface area contributed by atoms with Gasteiger partial charge in [0.2, 0.25) is 11.8 Å². The van der Waals surface area contributed by atoms with Gasteiger partial charge in [-0.15, -0.1) is 0 Å². The molecule has 1 aromatic carbocycles. The molecule has 21 heavy (non-hydrogen) atoms. The summed E-state index contributed by atoms with van der Waals surface area (Å²) in [5, 5.41) is 3.48. The average Bonchev–Trinajstić information content (AvgIpc) is 2.42. The molecule has 0 saturated carbocycles. The molecule has 0 atom stereocenters. The van der Waals surface area contributed by atoms with Gasteiger partial charge in [0.1, 0.15) is 6.42 Å². The van der Waals surface area contributed by atoms with Gasteiger partial charge in [-0.2, -0.15) is 0 Å². The number of halogens is 2. The molecule has 0 unspecified atom stereocenters. The zero-order valence-corrected chi connectivity index (χ0v) is 13.8. The second kappa shape index (κ2) is 8.90. The van der Waals surface area contributed by atoms with Crippen LogP contribution in [-0.2, 0) is 9.59 Å². The number of benzene rings is 1. The van der Waals surface area contributed by atoms with Crippen LogP contribution < -0.4 is 5.32 Å². The monoisotopic (exact) mass is 330 g/mol. The Balaban J connectivity index is 2.63. The lowest BCUT2D eigenvalue weighted by Gasteiger charge is -2.21. The number of rotatable bonds is 7. The van der Waals surface area contributed by atoms with Crippen molar-refractivity contribution in [2.45, 2.75) is 33.1 Å². The van der Waals surface area contributed by atoms with Crippen LogP contribution in [0.1, 0.15) is 33.1 Å². The van der Waals surface area contributed by atoms with Gasteiger partial charge >= 0.3 is 0 Å². The van der Waals surface area contributed by atoms with Crippen molar-refractivity contribution >= 4 is 40.7 Å². The second-order valence-electron chi connectivity index (χ2n) is 4.73. The van der Waals surface area contributed by atoms with Gasteiger partial charge in [0.25, 0.3) is 0 Å². The maximum absolute atomic E-state index is 12.1. The number of hydrogen-bond donors (Lipinski definition) is 1. The summed E-state index contributed by atoms with van der Waals surface area (Å²) in [4.78, 5) is 25.7. The molecule has 1 N–H and O–H groups in total. The van der Waals surface area contributed by atoms with Crippen LogP contribution in [0.25, 0.3) is 0 Å². The van der Waals surface area contributed by atoms with E-state index in [4.69, 9.17) is 23.2 Å². The Labute approximate surface area is 135 Å². The smallest absolute Gasteiger partial charge is 0.233 e. The highest BCUT2D eigenvalue weighted by atomic mass is 35.5. The van der Waals surface area contributed by atoms with E-state index in [0.29, 0.717) is 28.8 Å². The van der Waals surface area contributed by atoms with Crippen molar-refractivity contribution in [3.8, 4) is 0 Å². The third-order valence-electron chi connectivity index (χ3n) is 2.85. The minimum absolute atomic E-state index is 0.172. The molecule has 0 spiro atoms. The van der Waals surface area contributed by atoms with Gasteiger partial charge in [0, 0.05) is 18.1 Å². The van der Waals surface area contributed by atoms with Crippen molar-refractivity contribution in [2.75, 3.05) is 18.4 Å². The Bertz CT molecular complexity index is 500. The zero-order valence-electron chi connectivity index (χ0n) is 12.3. The lowest BCUT2D eigenvalue weighted by Crippen LogP contribution is -2.35. The first kappa shape index (κ1) is 17.8. The maximum atomic E-state index is 12.1. The predicted octanol–water partition coefficient (Wildman–Crippen LogP) is 3.97. The van der Waals surface area contributed by atoms with E-state index >= 15 is 0 Å². The van der Waals surface area contributed by atoms with Gasteiger partial charge < -0.3 is 10.2 Å². The van der Waals surface area contributed by atoms with E-state index in [-0.39, 0.29) is 18.2 Å². The molecule has 6 heteroatoms. The molecule has 0 radical (unpaired) electrons. The van der Waals surface area contributed by atoms with Crippen molar-refractivity contribution in [1.29, 1.82) is 0 Å². The molecule has 1 aromatic rings. The normalized spacial score (nSPS) is 10.3. The van der Waals surface area contributed by atoms with Gasteiger partial charge in [-0.3, -0.25) is 9.59 Å². The van der Waals surface area contributed by atoms with Gasteiger partial charge in [-0.1, -0.05) is 37.0 Å². The first-order valence-electron chi connectivity index (χ1n) is 7.00. The van der Waals surface area contributed by atoms with Crippen LogP contribution in [0.2, 0.25) is 10.0 Å². The van der Waals surface area contributed by atoms with E-state index in [1.807, 2.05) is 13.8 Å². The summed E-state index contributed by atoms with van der Waals surface area (Å²) in [6, 6.07) is 4.79. The summed E-state index contributed by atoms with van der Waals surface area (Å²) in [6.07, 6.45) is 1.55. The third-order valence-corrected chi connectivity index (χ3v) is 3.42. The summed E-state index contributed by atoms with van der Waals surface area (Å²) in [7, 11) is 0. The molecule has 2 amide bonds. The lowest BCUT2D eigenvalue weighted by molar-refractivity contribution is -0.134. The topological polar surface area (TPSA) is 49.4 Å². The fourth-order valence-electron chi connectivity index (χ4n) is 1.94. The van der Waals surface area contributed by atoms with Crippen molar-refractivity contribution in [3.63, 3.8) is 0 Å². The number of anilines is 1. The molecule has 0 aliphatic rings. The van der Waals surface area contributed by atoms with E-state index in [1.165, 1.54) is 0 Å². The minimum atomic E-state index is -0.388. The Hall–Kier alpha value is -1.26. The molecule has 0 aromatic heterocycles. The molecule has 0 bridgehead atoms. The molecule has 0 saturated heterocycles. The predicted molar refractivity (Wildman–Crippen MR) is 86.9 cm³/mol. The van der Waals surface area contributed by atoms with Crippen LogP contribution in [0.4, 0.5) is 5.69 Å². The van der Waals surface area contributed by atoms with E-state index in [0.717, 1.165) is 12.8 Å². The van der Waals surface area contributed by atoms with Gasteiger partial charge in [0.15, 0.2) is 0 Å². The highest BCUT2D eigenvalue weighted by molar-refractivity contribution is 6.35. The van der Waals surface area contributed by atoms with Crippen molar-refractivity contribution in [2.24, 2.45) is 0 Å². The van der Waals surface area contributed by atoms with Gasteiger partial charge in [-0.05, 0) is 31.0 Å². The molecule has 116 valence electrons. The highest BCUT2D eigenvalue weighted by Gasteiger charge is 2.16. The van der Waals surface area contributed by atoms with Crippen LogP contribution in [0.3, 0.4) is 0 Å². The van der Waals surface area contributed by atoms with Crippen LogP contribution in [0, 0.1) is 0 Å². The molecule has 0 aliphatic carbocycles. The summed E-state index contributed by atoms with van der Waals surface area (Å²) in [5.41, 5.74) is 0.416. The minimum Gasteiger partial charge on any atom is -0.342 e. The lowest BCUT2D eigenvalue weighted by atomic mass is 10.2. The Morgan fingerprint density at radius 1 is 1.14 bits per heavy atom. The summed E-state index contributed by atoms with van der Waals surface area (Å²) in [5.74, 6) is -0.560. The van der Waals surface area contributed by atoms with Gasteiger partial charge in [0.05, 0.1) is 10.7 Å². The largest absolute Gasteiger partial charge is 0.342 e. The van der Waals surface area contributed by atoms with Crippen LogP contribution in [0.5, 0.6) is 0 Å². The first-order chi connectivity index (χ1) is 9.97. The third kappa shape index (κ3) is 5.94. The summed E-state index contributed by atoms with van der Waals surface area (Å²) in [6.45, 7) is 5.33. The number of carbonyl (C=O) groups is 2. The van der Waals surface area contributed by atoms with E-state index in [2.05, 4.69) is 5.32 Å². The van der Waals surface area contributed by atoms with Crippen molar-refractivity contribution < 1.29 is 9.59 Å². The van der Waals surface area contributed by atoms with E-state index in [1.54, 1.807) is 23.1 Å². The number of amides is 2. The highest BCUT2D eigenvalue weighted by Crippen LogP contribution is 2.25. The summed E-state index contributed by atoms with van der Waals surface area (Å²) >= 11 is 11.8. The number of carbonyl (C=O) groups excluding carboxylic acids is 2. The van der Waals surface area contributed by atoms with E-state index in [9.17, 15) is 9.59 Å². The Kier molecular flexibility index (Phi) is 7.54. The standard InChI is InChI=1S/C15H20Cl2N2O2/c1-3-7-19(8-4-2)15(21)10-14(20)18-13-9-11(16)5-6-12(13)17/h5-6,9H,3-4,7-8,10H2,1-2H3,(H,18,20). The number of hydrogen-bond acceptors (Lipinski definition) is 2. The van der Waals surface area contributed by atoms with Crippen molar-refractivity contribution in [1.82, 2.24) is 4.90 Å². The second-order valence-corrected chi connectivity index (χ2v) is 5.57. The van der Waals surface area contributed by atoms with E-state index < -0.39 is 0 Å². The number of nitrogens with zero attached hydrogens (tertiary/aromatic N) is 1. The van der Waals surface area contributed by atoms with Crippen molar-refractivity contribution in [3.05, 3.63) is 28.2 Å². The van der Waals surface area contributed by atoms with Crippen LogP contribution >= 0.6 is 23.2 Å². The molecule has 1 rings (SSSR count). The number of nitrogens with one attached hydrogen (secondary N) is 1. The Morgan fingerprint density at radius 3 is 2.33 bits per heavy atom. The molecule has 0 fully saturated rings. The Morgan fingerprint density at radius 2 is 1.76 bits per heavy atom. The molecule has 0 heterocycles.